The van der Waals surface area contributed by atoms with Crippen molar-refractivity contribution in [2.24, 2.45) is 0 Å². The minimum Gasteiger partial charge on any atom is -0.383 e. The summed E-state index contributed by atoms with van der Waals surface area (Å²) in [6.45, 7) is 2.11. The Morgan fingerprint density at radius 1 is 1.32 bits per heavy atom. The van der Waals surface area contributed by atoms with Gasteiger partial charge in [-0.3, -0.25) is 5.10 Å². The molecule has 0 saturated heterocycles. The van der Waals surface area contributed by atoms with Crippen LogP contribution in [0.5, 0.6) is 0 Å². The summed E-state index contributed by atoms with van der Waals surface area (Å²) in [5, 5.41) is 13.3. The summed E-state index contributed by atoms with van der Waals surface area (Å²) >= 11 is 5.90. The molecule has 98 valence electrons. The third-order valence-electron chi connectivity index (χ3n) is 3.04. The first-order chi connectivity index (χ1) is 9.20. The van der Waals surface area contributed by atoms with Gasteiger partial charge in [0.25, 0.3) is 0 Å². The maximum Gasteiger partial charge on any atom is 0.186 e. The molecule has 0 spiro atoms. The normalized spacial score (nSPS) is 11.3. The van der Waals surface area contributed by atoms with Gasteiger partial charge in [-0.1, -0.05) is 24.9 Å². The smallest absolute Gasteiger partial charge is 0.186 e. The molecule has 0 unspecified atom stereocenters. The van der Waals surface area contributed by atoms with E-state index >= 15 is 0 Å². The number of benzene rings is 1. The molecule has 19 heavy (non-hydrogen) atoms. The fourth-order valence-electron chi connectivity index (χ4n) is 2.18. The van der Waals surface area contributed by atoms with Crippen LogP contribution in [0.1, 0.15) is 19.0 Å². The number of hydrogen-bond donors (Lipinski definition) is 2. The Hall–Kier alpha value is -2.01. The van der Waals surface area contributed by atoms with E-state index in [0.29, 0.717) is 10.8 Å². The monoisotopic (exact) mass is 275 g/mol. The van der Waals surface area contributed by atoms with Crippen LogP contribution in [0.4, 0.5) is 5.82 Å². The maximum absolute atomic E-state index is 5.93. The quantitative estimate of drug-likeness (QED) is 0.772. The number of hydrogen-bond acceptors (Lipinski definition) is 3. The van der Waals surface area contributed by atoms with Crippen molar-refractivity contribution in [3.63, 3.8) is 0 Å². The number of nitrogens with zero attached hydrogens (tertiary/aromatic N) is 3. The van der Waals surface area contributed by atoms with Gasteiger partial charge in [0, 0.05) is 5.02 Å². The van der Waals surface area contributed by atoms with Crippen LogP contribution >= 0.6 is 11.6 Å². The second-order valence-electron chi connectivity index (χ2n) is 4.42. The summed E-state index contributed by atoms with van der Waals surface area (Å²) in [4.78, 5) is 0. The maximum atomic E-state index is 5.93. The van der Waals surface area contributed by atoms with Gasteiger partial charge < -0.3 is 5.73 Å². The van der Waals surface area contributed by atoms with Crippen LogP contribution in [-0.4, -0.2) is 20.0 Å². The summed E-state index contributed by atoms with van der Waals surface area (Å²) in [6.07, 6.45) is 1.89. The number of nitrogen functional groups attached to an aromatic ring is 1. The van der Waals surface area contributed by atoms with Gasteiger partial charge >= 0.3 is 0 Å². The van der Waals surface area contributed by atoms with E-state index in [1.54, 1.807) is 4.68 Å². The molecular formula is C13H14ClN5. The zero-order valence-electron chi connectivity index (χ0n) is 10.5. The number of rotatable bonds is 3. The zero-order chi connectivity index (χ0) is 13.4. The first-order valence-corrected chi connectivity index (χ1v) is 6.56. The van der Waals surface area contributed by atoms with Crippen molar-refractivity contribution in [2.45, 2.75) is 19.8 Å². The molecule has 6 heteroatoms. The van der Waals surface area contributed by atoms with Crippen molar-refractivity contribution in [1.82, 2.24) is 20.0 Å². The van der Waals surface area contributed by atoms with Crippen molar-refractivity contribution in [3.8, 4) is 5.69 Å². The summed E-state index contributed by atoms with van der Waals surface area (Å²) in [7, 11) is 0. The lowest BCUT2D eigenvalue weighted by Crippen LogP contribution is -1.98. The molecule has 0 radical (unpaired) electrons. The van der Waals surface area contributed by atoms with Crippen LogP contribution in [0.25, 0.3) is 16.7 Å². The van der Waals surface area contributed by atoms with E-state index in [1.165, 1.54) is 0 Å². The number of nitrogens with two attached hydrogens (primary N) is 1. The number of nitrogens with one attached hydrogen (secondary N) is 1. The van der Waals surface area contributed by atoms with E-state index in [9.17, 15) is 0 Å². The van der Waals surface area contributed by atoms with E-state index < -0.39 is 0 Å². The predicted octanol–water partition coefficient (Wildman–Crippen LogP) is 2.94. The SMILES string of the molecule is CCCc1nn(-c2ccc(Cl)cc2)c2n[nH]c(N)c12. The number of aromatic amines is 1. The second-order valence-corrected chi connectivity index (χ2v) is 4.86. The Bertz CT molecular complexity index is 711. The van der Waals surface area contributed by atoms with Gasteiger partial charge in [0.15, 0.2) is 5.65 Å². The number of fused-ring (bicyclic) bond motifs is 1. The second kappa shape index (κ2) is 4.59. The van der Waals surface area contributed by atoms with Gasteiger partial charge in [-0.25, -0.2) is 4.68 Å². The van der Waals surface area contributed by atoms with Crippen LogP contribution in [0.2, 0.25) is 5.02 Å². The lowest BCUT2D eigenvalue weighted by Gasteiger charge is -2.01. The van der Waals surface area contributed by atoms with Gasteiger partial charge in [0.05, 0.1) is 16.8 Å². The average Bonchev–Trinajstić information content (AvgIpc) is 2.94. The number of H-pyrrole nitrogens is 1. The Kier molecular flexibility index (Phi) is 2.91. The molecule has 0 atom stereocenters. The summed E-state index contributed by atoms with van der Waals surface area (Å²) in [5.41, 5.74) is 8.57. The standard InChI is InChI=1S/C13H14ClN5/c1-2-3-10-11-12(15)16-17-13(11)19(18-10)9-6-4-8(14)5-7-9/h4-7H,2-3H2,1H3,(H3,15,16,17). The molecule has 3 N–H and O–H groups in total. The average molecular weight is 276 g/mol. The molecule has 5 nitrogen and oxygen atoms in total. The molecule has 0 aliphatic heterocycles. The third-order valence-corrected chi connectivity index (χ3v) is 3.30. The highest BCUT2D eigenvalue weighted by Gasteiger charge is 2.16. The minimum atomic E-state index is 0.568. The number of halogens is 1. The highest BCUT2D eigenvalue weighted by atomic mass is 35.5. The van der Waals surface area contributed by atoms with E-state index in [0.717, 1.165) is 35.3 Å². The van der Waals surface area contributed by atoms with Crippen LogP contribution in [0, 0.1) is 0 Å². The summed E-state index contributed by atoms with van der Waals surface area (Å²) in [5.74, 6) is 0.568. The molecule has 3 rings (SSSR count). The largest absolute Gasteiger partial charge is 0.383 e. The molecule has 0 amide bonds. The predicted molar refractivity (Wildman–Crippen MR) is 76.6 cm³/mol. The van der Waals surface area contributed by atoms with Crippen molar-refractivity contribution in [3.05, 3.63) is 35.0 Å². The molecule has 0 bridgehead atoms. The zero-order valence-corrected chi connectivity index (χ0v) is 11.3. The molecule has 2 aromatic heterocycles. The Balaban J connectivity index is 2.21. The van der Waals surface area contributed by atoms with E-state index in [2.05, 4.69) is 22.2 Å². The van der Waals surface area contributed by atoms with Crippen LogP contribution in [0.3, 0.4) is 0 Å². The first-order valence-electron chi connectivity index (χ1n) is 6.18. The van der Waals surface area contributed by atoms with E-state index in [-0.39, 0.29) is 0 Å². The number of aryl methyl sites for hydroxylation is 1. The lowest BCUT2D eigenvalue weighted by molar-refractivity contribution is 0.810. The number of anilines is 1. The Morgan fingerprint density at radius 2 is 2.05 bits per heavy atom. The lowest BCUT2D eigenvalue weighted by atomic mass is 10.2. The molecule has 0 fully saturated rings. The van der Waals surface area contributed by atoms with Crippen molar-refractivity contribution in [2.75, 3.05) is 5.73 Å². The van der Waals surface area contributed by atoms with E-state index in [4.69, 9.17) is 17.3 Å². The number of aromatic nitrogens is 4. The van der Waals surface area contributed by atoms with Crippen molar-refractivity contribution >= 4 is 28.5 Å². The van der Waals surface area contributed by atoms with Gasteiger partial charge in [-0.15, -0.1) is 0 Å². The van der Waals surface area contributed by atoms with Crippen molar-refractivity contribution < 1.29 is 0 Å². The molecule has 3 aromatic rings. The van der Waals surface area contributed by atoms with Crippen molar-refractivity contribution in [1.29, 1.82) is 0 Å². The molecule has 0 saturated carbocycles. The van der Waals surface area contributed by atoms with Gasteiger partial charge in [0.1, 0.15) is 5.82 Å². The van der Waals surface area contributed by atoms with Crippen LogP contribution in [-0.2, 0) is 6.42 Å². The molecule has 1 aromatic carbocycles. The van der Waals surface area contributed by atoms with Crippen LogP contribution < -0.4 is 5.73 Å². The van der Waals surface area contributed by atoms with Gasteiger partial charge in [0.2, 0.25) is 0 Å². The molecule has 2 heterocycles. The Morgan fingerprint density at radius 3 is 2.74 bits per heavy atom. The summed E-state index contributed by atoms with van der Waals surface area (Å²) < 4.78 is 1.80. The fraction of sp³-hybridized carbons (Fsp3) is 0.231. The highest BCUT2D eigenvalue weighted by molar-refractivity contribution is 6.30. The van der Waals surface area contributed by atoms with E-state index in [1.807, 2.05) is 24.3 Å². The Labute approximate surface area is 115 Å². The fourth-order valence-corrected chi connectivity index (χ4v) is 2.30. The third kappa shape index (κ3) is 1.96. The van der Waals surface area contributed by atoms with Gasteiger partial charge in [-0.2, -0.15) is 10.2 Å². The minimum absolute atomic E-state index is 0.568. The highest BCUT2D eigenvalue weighted by Crippen LogP contribution is 2.26. The molecule has 0 aliphatic rings. The topological polar surface area (TPSA) is 72.5 Å². The summed E-state index contributed by atoms with van der Waals surface area (Å²) in [6, 6.07) is 7.49. The van der Waals surface area contributed by atoms with Crippen LogP contribution in [0.15, 0.2) is 24.3 Å². The molecular weight excluding hydrogens is 262 g/mol. The first kappa shape index (κ1) is 12.0. The molecule has 0 aliphatic carbocycles. The van der Waals surface area contributed by atoms with Gasteiger partial charge in [-0.05, 0) is 30.7 Å².